The molecule has 0 aliphatic carbocycles. The summed E-state index contributed by atoms with van der Waals surface area (Å²) in [6, 6.07) is 7.26. The van der Waals surface area contributed by atoms with Crippen LogP contribution in [0, 0.1) is 16.0 Å². The molecule has 23 heavy (non-hydrogen) atoms. The second-order valence-electron chi connectivity index (χ2n) is 6.45. The summed E-state index contributed by atoms with van der Waals surface area (Å²) >= 11 is 0. The Bertz CT molecular complexity index is 717. The number of nitrogens with zero attached hydrogens (tertiary/aromatic N) is 4. The van der Waals surface area contributed by atoms with Gasteiger partial charge in [-0.05, 0) is 63.7 Å². The van der Waals surface area contributed by atoms with Crippen LogP contribution in [0.15, 0.2) is 30.5 Å². The second kappa shape index (κ2) is 6.50. The van der Waals surface area contributed by atoms with Gasteiger partial charge in [0.2, 0.25) is 0 Å². The van der Waals surface area contributed by atoms with Gasteiger partial charge in [-0.2, -0.15) is 0 Å². The molecule has 0 saturated carbocycles. The zero-order valence-corrected chi connectivity index (χ0v) is 13.6. The fourth-order valence-electron chi connectivity index (χ4n) is 3.30. The number of aromatic nitrogens is 1. The highest BCUT2D eigenvalue weighted by molar-refractivity contribution is 5.94. The van der Waals surface area contributed by atoms with Crippen molar-refractivity contribution in [3.8, 4) is 0 Å². The average molecular weight is 314 g/mol. The third kappa shape index (κ3) is 3.27. The molecule has 6 heteroatoms. The Balaban J connectivity index is 1.88. The van der Waals surface area contributed by atoms with Crippen LogP contribution in [-0.4, -0.2) is 48.5 Å². The minimum absolute atomic E-state index is 0.184. The molecule has 6 nitrogen and oxygen atoms in total. The van der Waals surface area contributed by atoms with Gasteiger partial charge in [0.15, 0.2) is 0 Å². The van der Waals surface area contributed by atoms with E-state index in [9.17, 15) is 10.1 Å². The first-order chi connectivity index (χ1) is 11.1. The van der Waals surface area contributed by atoms with E-state index >= 15 is 0 Å². The van der Waals surface area contributed by atoms with Gasteiger partial charge in [0.05, 0.1) is 15.8 Å². The first-order valence-electron chi connectivity index (χ1n) is 7.98. The molecule has 1 aliphatic rings. The summed E-state index contributed by atoms with van der Waals surface area (Å²) in [4.78, 5) is 19.9. The number of nitro benzene ring substituents is 1. The van der Waals surface area contributed by atoms with Gasteiger partial charge in [-0.3, -0.25) is 15.1 Å². The lowest BCUT2D eigenvalue weighted by Crippen LogP contribution is -2.22. The summed E-state index contributed by atoms with van der Waals surface area (Å²) in [6.45, 7) is 2.83. The Hall–Kier alpha value is -2.21. The minimum Gasteiger partial charge on any atom is -0.366 e. The molecule has 0 amide bonds. The third-order valence-electron chi connectivity index (χ3n) is 4.53. The lowest BCUT2D eigenvalue weighted by molar-refractivity contribution is -0.382. The Morgan fingerprint density at radius 3 is 2.96 bits per heavy atom. The van der Waals surface area contributed by atoms with Crippen LogP contribution in [0.4, 0.5) is 11.4 Å². The highest BCUT2D eigenvalue weighted by atomic mass is 16.6. The van der Waals surface area contributed by atoms with Crippen molar-refractivity contribution in [1.82, 2.24) is 9.88 Å². The van der Waals surface area contributed by atoms with E-state index in [1.165, 1.54) is 0 Å². The zero-order valence-electron chi connectivity index (χ0n) is 13.6. The van der Waals surface area contributed by atoms with Gasteiger partial charge in [0, 0.05) is 19.3 Å². The number of pyridine rings is 1. The third-order valence-corrected chi connectivity index (χ3v) is 4.53. The van der Waals surface area contributed by atoms with Crippen LogP contribution in [0.5, 0.6) is 0 Å². The van der Waals surface area contributed by atoms with E-state index in [0.717, 1.165) is 38.2 Å². The molecule has 1 atom stereocenters. The van der Waals surface area contributed by atoms with Gasteiger partial charge in [-0.25, -0.2) is 0 Å². The predicted octanol–water partition coefficient (Wildman–Crippen LogP) is 2.92. The topological polar surface area (TPSA) is 62.5 Å². The summed E-state index contributed by atoms with van der Waals surface area (Å²) < 4.78 is 0. The van der Waals surface area contributed by atoms with Crippen molar-refractivity contribution >= 4 is 22.3 Å². The highest BCUT2D eigenvalue weighted by Gasteiger charge is 2.29. The number of anilines is 1. The maximum absolute atomic E-state index is 11.6. The molecule has 1 aromatic carbocycles. The normalized spacial score (nSPS) is 18.0. The van der Waals surface area contributed by atoms with Crippen LogP contribution in [0.3, 0.4) is 0 Å². The van der Waals surface area contributed by atoms with Crippen LogP contribution >= 0.6 is 0 Å². The first-order valence-corrected chi connectivity index (χ1v) is 7.98. The molecule has 1 aromatic heterocycles. The van der Waals surface area contributed by atoms with Crippen molar-refractivity contribution in [1.29, 1.82) is 0 Å². The van der Waals surface area contributed by atoms with Crippen LogP contribution in [0.2, 0.25) is 0 Å². The molecule has 1 fully saturated rings. The fraction of sp³-hybridized carbons (Fsp3) is 0.471. The number of benzene rings is 1. The van der Waals surface area contributed by atoms with E-state index in [-0.39, 0.29) is 10.6 Å². The van der Waals surface area contributed by atoms with E-state index in [1.807, 2.05) is 12.1 Å². The van der Waals surface area contributed by atoms with Crippen molar-refractivity contribution in [3.05, 3.63) is 40.6 Å². The number of nitro groups is 1. The summed E-state index contributed by atoms with van der Waals surface area (Å²) in [7, 11) is 4.15. The van der Waals surface area contributed by atoms with Gasteiger partial charge >= 0.3 is 5.69 Å². The standard InChI is InChI=1S/C17H22N4O2/c1-19(2)10-7-13-8-11-20(12-13)16-6-5-15-14(4-3-9-18-15)17(16)21(22)23/h3-6,9,13H,7-8,10-12H2,1-2H3. The van der Waals surface area contributed by atoms with Crippen LogP contribution in [0.1, 0.15) is 12.8 Å². The van der Waals surface area contributed by atoms with Gasteiger partial charge < -0.3 is 9.80 Å². The summed E-state index contributed by atoms with van der Waals surface area (Å²) in [5.74, 6) is 0.599. The van der Waals surface area contributed by atoms with Crippen molar-refractivity contribution in [2.45, 2.75) is 12.8 Å². The number of fused-ring (bicyclic) bond motifs is 1. The SMILES string of the molecule is CN(C)CCC1CCN(c2ccc3ncccc3c2[N+](=O)[O-])C1. The van der Waals surface area contributed by atoms with Crippen molar-refractivity contribution in [2.75, 3.05) is 38.6 Å². The molecule has 3 rings (SSSR count). The van der Waals surface area contributed by atoms with E-state index in [1.54, 1.807) is 18.3 Å². The van der Waals surface area contributed by atoms with E-state index in [4.69, 9.17) is 0 Å². The Kier molecular flexibility index (Phi) is 4.43. The predicted molar refractivity (Wildman–Crippen MR) is 91.9 cm³/mol. The second-order valence-corrected chi connectivity index (χ2v) is 6.45. The van der Waals surface area contributed by atoms with Gasteiger partial charge in [0.25, 0.3) is 0 Å². The van der Waals surface area contributed by atoms with E-state index < -0.39 is 0 Å². The molecule has 122 valence electrons. The first kappa shape index (κ1) is 15.7. The molecule has 1 unspecified atom stereocenters. The Morgan fingerprint density at radius 2 is 2.22 bits per heavy atom. The molecule has 0 N–H and O–H groups in total. The summed E-state index contributed by atoms with van der Waals surface area (Å²) in [5.41, 5.74) is 1.58. The molecule has 1 aliphatic heterocycles. The summed E-state index contributed by atoms with van der Waals surface area (Å²) in [5, 5.41) is 12.3. The maximum atomic E-state index is 11.6. The molecule has 1 saturated heterocycles. The monoisotopic (exact) mass is 314 g/mol. The van der Waals surface area contributed by atoms with E-state index in [2.05, 4.69) is 28.9 Å². The Labute approximate surface area is 135 Å². The molecule has 0 radical (unpaired) electrons. The molecular weight excluding hydrogens is 292 g/mol. The fourth-order valence-corrected chi connectivity index (χ4v) is 3.30. The van der Waals surface area contributed by atoms with Crippen LogP contribution < -0.4 is 4.90 Å². The quantitative estimate of drug-likeness (QED) is 0.627. The average Bonchev–Trinajstić information content (AvgIpc) is 3.00. The molecule has 2 aromatic rings. The maximum Gasteiger partial charge on any atom is 0.301 e. The van der Waals surface area contributed by atoms with Gasteiger partial charge in [-0.1, -0.05) is 0 Å². The Morgan fingerprint density at radius 1 is 1.39 bits per heavy atom. The van der Waals surface area contributed by atoms with Crippen molar-refractivity contribution in [2.24, 2.45) is 5.92 Å². The number of hydrogen-bond acceptors (Lipinski definition) is 5. The van der Waals surface area contributed by atoms with Gasteiger partial charge in [-0.15, -0.1) is 0 Å². The van der Waals surface area contributed by atoms with Crippen molar-refractivity contribution < 1.29 is 4.92 Å². The largest absolute Gasteiger partial charge is 0.366 e. The zero-order chi connectivity index (χ0) is 16.4. The molecular formula is C17H22N4O2. The molecule has 0 bridgehead atoms. The smallest absolute Gasteiger partial charge is 0.301 e. The lowest BCUT2D eigenvalue weighted by atomic mass is 10.1. The molecule has 2 heterocycles. The van der Waals surface area contributed by atoms with Crippen LogP contribution in [-0.2, 0) is 0 Å². The van der Waals surface area contributed by atoms with E-state index in [0.29, 0.717) is 16.8 Å². The highest BCUT2D eigenvalue weighted by Crippen LogP contribution is 2.37. The van der Waals surface area contributed by atoms with Gasteiger partial charge in [0.1, 0.15) is 5.69 Å². The van der Waals surface area contributed by atoms with Crippen LogP contribution in [0.25, 0.3) is 10.9 Å². The summed E-state index contributed by atoms with van der Waals surface area (Å²) in [6.07, 6.45) is 3.89. The number of rotatable bonds is 5. The number of hydrogen-bond donors (Lipinski definition) is 0. The minimum atomic E-state index is -0.271. The molecule has 0 spiro atoms. The lowest BCUT2D eigenvalue weighted by Gasteiger charge is -2.20. The van der Waals surface area contributed by atoms with Crippen molar-refractivity contribution in [3.63, 3.8) is 0 Å².